The number of thioether (sulfide) groups is 1. The van der Waals surface area contributed by atoms with Gasteiger partial charge in [0.25, 0.3) is 0 Å². The Kier molecular flexibility index (Phi) is 3.50. The van der Waals surface area contributed by atoms with Gasteiger partial charge in [-0.1, -0.05) is 31.7 Å². The van der Waals surface area contributed by atoms with Crippen LogP contribution < -0.4 is 5.73 Å². The van der Waals surface area contributed by atoms with E-state index < -0.39 is 0 Å². The van der Waals surface area contributed by atoms with Crippen LogP contribution in [-0.2, 0) is 9.59 Å². The predicted molar refractivity (Wildman–Crippen MR) is 92.6 cm³/mol. The van der Waals surface area contributed by atoms with Crippen LogP contribution in [0.4, 0.5) is 0 Å². The minimum atomic E-state index is -0.0907. The molecule has 0 radical (unpaired) electrons. The van der Waals surface area contributed by atoms with E-state index in [-0.39, 0.29) is 27.8 Å². The van der Waals surface area contributed by atoms with Gasteiger partial charge < -0.3 is 5.73 Å². The number of hydrogen-bond acceptors (Lipinski definition) is 3. The number of primary amides is 1. The lowest BCUT2D eigenvalue weighted by atomic mass is 9.49. The Labute approximate surface area is 142 Å². The molecule has 3 nitrogen and oxygen atoms in total. The second-order valence-electron chi connectivity index (χ2n) is 8.66. The molecule has 0 spiro atoms. The maximum absolute atomic E-state index is 11.9. The van der Waals surface area contributed by atoms with Crippen LogP contribution in [0.5, 0.6) is 0 Å². The molecule has 4 aliphatic rings. The molecule has 3 aliphatic carbocycles. The third-order valence-electron chi connectivity index (χ3n) is 7.87. The first-order chi connectivity index (χ1) is 10.9. The molecule has 0 bridgehead atoms. The summed E-state index contributed by atoms with van der Waals surface area (Å²) in [7, 11) is 0. The molecule has 1 amide bonds. The Hall–Kier alpha value is -0.770. The van der Waals surface area contributed by atoms with Gasteiger partial charge in [-0.15, -0.1) is 0 Å². The van der Waals surface area contributed by atoms with Gasteiger partial charge in [0.15, 0.2) is 0 Å². The van der Waals surface area contributed by atoms with Gasteiger partial charge in [-0.2, -0.15) is 0 Å². The second kappa shape index (κ2) is 5.11. The summed E-state index contributed by atoms with van der Waals surface area (Å²) in [6.45, 7) is 4.69. The van der Waals surface area contributed by atoms with Crippen LogP contribution >= 0.6 is 11.8 Å². The van der Waals surface area contributed by atoms with E-state index in [1.165, 1.54) is 12.8 Å². The molecule has 7 atom stereocenters. The van der Waals surface area contributed by atoms with Crippen molar-refractivity contribution in [1.29, 1.82) is 0 Å². The van der Waals surface area contributed by atoms with Crippen molar-refractivity contribution in [3.8, 4) is 0 Å². The van der Waals surface area contributed by atoms with Crippen molar-refractivity contribution in [3.05, 3.63) is 12.2 Å². The number of amides is 1. The number of rotatable bonds is 1. The van der Waals surface area contributed by atoms with Crippen molar-refractivity contribution in [1.82, 2.24) is 0 Å². The van der Waals surface area contributed by atoms with E-state index in [1.54, 1.807) is 17.8 Å². The molecule has 3 saturated carbocycles. The third kappa shape index (κ3) is 2.09. The fourth-order valence-corrected chi connectivity index (χ4v) is 7.86. The molecular weight excluding hydrogens is 306 g/mol. The van der Waals surface area contributed by atoms with E-state index in [0.717, 1.165) is 25.7 Å². The standard InChI is InChI=1S/C19H27NO2S/c1-18-9-7-13-11(12(18)4-5-14(18)17(20)22)3-6-15-19(13,2)10-8-16(21)23-15/h8,10-15H,3-7,9H2,1-2H3,(H2,20,22)/t11-,12-,13+,14?,15?,18-,19+/m0/s1. The summed E-state index contributed by atoms with van der Waals surface area (Å²) in [5.74, 6) is 1.96. The Morgan fingerprint density at radius 1 is 1.17 bits per heavy atom. The smallest absolute Gasteiger partial charge is 0.221 e. The maximum Gasteiger partial charge on any atom is 0.221 e. The fraction of sp³-hybridized carbons (Fsp3) is 0.789. The summed E-state index contributed by atoms with van der Waals surface area (Å²) in [5, 5.41) is 0.667. The Morgan fingerprint density at radius 3 is 2.70 bits per heavy atom. The average Bonchev–Trinajstić information content (AvgIpc) is 2.85. The molecule has 2 N–H and O–H groups in total. The monoisotopic (exact) mass is 333 g/mol. The van der Waals surface area contributed by atoms with Gasteiger partial charge in [-0.25, -0.2) is 0 Å². The van der Waals surface area contributed by atoms with Crippen LogP contribution in [0.3, 0.4) is 0 Å². The summed E-state index contributed by atoms with van der Waals surface area (Å²) in [6.07, 6.45) is 10.8. The fourth-order valence-electron chi connectivity index (χ4n) is 6.67. The molecule has 126 valence electrons. The summed E-state index contributed by atoms with van der Waals surface area (Å²) in [4.78, 5) is 23.7. The number of fused-ring (bicyclic) bond motifs is 5. The van der Waals surface area contributed by atoms with Crippen LogP contribution in [0.15, 0.2) is 12.2 Å². The van der Waals surface area contributed by atoms with Crippen molar-refractivity contribution in [3.63, 3.8) is 0 Å². The highest BCUT2D eigenvalue weighted by atomic mass is 32.2. The zero-order chi connectivity index (χ0) is 16.4. The van der Waals surface area contributed by atoms with Crippen LogP contribution in [-0.4, -0.2) is 16.3 Å². The molecule has 4 rings (SSSR count). The van der Waals surface area contributed by atoms with Crippen LogP contribution in [0, 0.1) is 34.5 Å². The highest BCUT2D eigenvalue weighted by molar-refractivity contribution is 8.14. The molecule has 0 aromatic heterocycles. The van der Waals surface area contributed by atoms with E-state index in [2.05, 4.69) is 19.9 Å². The van der Waals surface area contributed by atoms with Gasteiger partial charge in [0.05, 0.1) is 0 Å². The summed E-state index contributed by atoms with van der Waals surface area (Å²) >= 11 is 1.55. The van der Waals surface area contributed by atoms with Gasteiger partial charge in [-0.3, -0.25) is 9.59 Å². The third-order valence-corrected chi connectivity index (χ3v) is 9.27. The summed E-state index contributed by atoms with van der Waals surface area (Å²) in [6, 6.07) is 0. The van der Waals surface area contributed by atoms with E-state index in [4.69, 9.17) is 5.73 Å². The normalized spacial score (nSPS) is 51.7. The molecular formula is C19H27NO2S. The first-order valence-electron chi connectivity index (χ1n) is 9.05. The van der Waals surface area contributed by atoms with Gasteiger partial charge in [0.2, 0.25) is 11.0 Å². The lowest BCUT2D eigenvalue weighted by molar-refractivity contribution is -0.128. The molecule has 0 aromatic carbocycles. The minimum absolute atomic E-state index is 0.0665. The van der Waals surface area contributed by atoms with Crippen molar-refractivity contribution in [2.45, 2.75) is 57.6 Å². The molecule has 4 heteroatoms. The molecule has 0 aromatic rings. The summed E-state index contributed by atoms with van der Waals surface area (Å²) < 4.78 is 0. The van der Waals surface area contributed by atoms with Gasteiger partial charge in [0, 0.05) is 16.6 Å². The Morgan fingerprint density at radius 2 is 1.96 bits per heavy atom. The highest BCUT2D eigenvalue weighted by Gasteiger charge is 2.60. The molecule has 0 saturated heterocycles. The Bertz CT molecular complexity index is 588. The zero-order valence-corrected chi connectivity index (χ0v) is 14.9. The van der Waals surface area contributed by atoms with Crippen molar-refractivity contribution >= 4 is 22.8 Å². The van der Waals surface area contributed by atoms with Crippen molar-refractivity contribution in [2.24, 2.45) is 40.2 Å². The number of allylic oxidation sites excluding steroid dienone is 1. The first kappa shape index (κ1) is 15.7. The molecule has 3 fully saturated rings. The molecule has 1 aliphatic heterocycles. The van der Waals surface area contributed by atoms with Gasteiger partial charge in [0.1, 0.15) is 0 Å². The first-order valence-corrected chi connectivity index (χ1v) is 9.93. The number of hydrogen-bond donors (Lipinski definition) is 1. The zero-order valence-electron chi connectivity index (χ0n) is 14.1. The van der Waals surface area contributed by atoms with E-state index in [0.29, 0.717) is 23.0 Å². The highest BCUT2D eigenvalue weighted by Crippen LogP contribution is 2.66. The SMILES string of the molecule is C[C@]12C=CC(=O)SC1CC[C@@H]1[C@H]2CC[C@]2(C)C(C(N)=O)CC[C@@H]12. The lowest BCUT2D eigenvalue weighted by Crippen LogP contribution is -2.53. The van der Waals surface area contributed by atoms with Crippen molar-refractivity contribution < 1.29 is 9.59 Å². The van der Waals surface area contributed by atoms with Gasteiger partial charge >= 0.3 is 0 Å². The minimum Gasteiger partial charge on any atom is -0.369 e. The second-order valence-corrected chi connectivity index (χ2v) is 9.86. The summed E-state index contributed by atoms with van der Waals surface area (Å²) in [5.41, 5.74) is 5.97. The lowest BCUT2D eigenvalue weighted by Gasteiger charge is -2.58. The average molecular weight is 333 g/mol. The van der Waals surface area contributed by atoms with Crippen LogP contribution in [0.2, 0.25) is 0 Å². The maximum atomic E-state index is 11.9. The van der Waals surface area contributed by atoms with E-state index in [9.17, 15) is 9.59 Å². The molecule has 1 heterocycles. The number of carbonyl (C=O) groups is 2. The van der Waals surface area contributed by atoms with Crippen LogP contribution in [0.25, 0.3) is 0 Å². The predicted octanol–water partition coefficient (Wildman–Crippen LogP) is 3.53. The Balaban J connectivity index is 1.66. The van der Waals surface area contributed by atoms with E-state index in [1.807, 2.05) is 0 Å². The van der Waals surface area contributed by atoms with Crippen molar-refractivity contribution in [2.75, 3.05) is 0 Å². The largest absolute Gasteiger partial charge is 0.369 e. The van der Waals surface area contributed by atoms with E-state index >= 15 is 0 Å². The molecule has 2 unspecified atom stereocenters. The topological polar surface area (TPSA) is 60.2 Å². The quantitative estimate of drug-likeness (QED) is 0.798. The molecule has 23 heavy (non-hydrogen) atoms. The number of carbonyl (C=O) groups excluding carboxylic acids is 2. The number of nitrogens with two attached hydrogens (primary N) is 1. The van der Waals surface area contributed by atoms with Crippen LogP contribution in [0.1, 0.15) is 52.4 Å². The van der Waals surface area contributed by atoms with Gasteiger partial charge in [-0.05, 0) is 67.8 Å².